The summed E-state index contributed by atoms with van der Waals surface area (Å²) in [6, 6.07) is 26.0. The second-order valence-electron chi connectivity index (χ2n) is 8.49. The first kappa shape index (κ1) is 23.8. The minimum Gasteiger partial charge on any atom is -0.327 e. The van der Waals surface area contributed by atoms with Crippen LogP contribution in [0.1, 0.15) is 0 Å². The predicted octanol–water partition coefficient (Wildman–Crippen LogP) is 5.65. The number of nitrogens with one attached hydrogen (secondary N) is 2. The SMILES string of the molecule is O=c1cc(S(=O)(=O)Nc2ccccc2)[nH]c2nc(-c3ccccc3)c(-c3cc(Cl)c4ncccc4c3)nc12. The summed E-state index contributed by atoms with van der Waals surface area (Å²) >= 11 is 6.55. The number of anilines is 1. The quantitative estimate of drug-likeness (QED) is 0.292. The van der Waals surface area contributed by atoms with Crippen LogP contribution in [0.15, 0.2) is 107 Å². The second-order valence-corrected chi connectivity index (χ2v) is 10.5. The van der Waals surface area contributed by atoms with Gasteiger partial charge in [0.15, 0.2) is 16.2 Å². The predicted molar refractivity (Wildman–Crippen MR) is 149 cm³/mol. The largest absolute Gasteiger partial charge is 0.327 e. The molecule has 3 aromatic carbocycles. The fourth-order valence-electron chi connectivity index (χ4n) is 4.18. The van der Waals surface area contributed by atoms with Gasteiger partial charge in [-0.05, 0) is 30.3 Å². The van der Waals surface area contributed by atoms with Crippen molar-refractivity contribution >= 4 is 49.4 Å². The summed E-state index contributed by atoms with van der Waals surface area (Å²) in [5.41, 5.74) is 2.73. The first-order valence-corrected chi connectivity index (χ1v) is 13.4. The molecule has 0 aliphatic carbocycles. The van der Waals surface area contributed by atoms with E-state index in [0.717, 1.165) is 17.0 Å². The highest BCUT2D eigenvalue weighted by molar-refractivity contribution is 7.92. The zero-order valence-electron chi connectivity index (χ0n) is 19.6. The van der Waals surface area contributed by atoms with E-state index in [0.29, 0.717) is 33.2 Å². The summed E-state index contributed by atoms with van der Waals surface area (Å²) < 4.78 is 28.6. The second kappa shape index (κ2) is 9.37. The molecule has 0 aliphatic heterocycles. The molecule has 0 atom stereocenters. The fourth-order valence-corrected chi connectivity index (χ4v) is 5.50. The topological polar surface area (TPSA) is 118 Å². The molecule has 0 saturated carbocycles. The molecule has 0 unspecified atom stereocenters. The molecule has 0 amide bonds. The maximum Gasteiger partial charge on any atom is 0.277 e. The van der Waals surface area contributed by atoms with Crippen molar-refractivity contribution in [2.45, 2.75) is 5.03 Å². The van der Waals surface area contributed by atoms with E-state index >= 15 is 0 Å². The third-order valence-corrected chi connectivity index (χ3v) is 7.52. The number of hydrogen-bond acceptors (Lipinski definition) is 6. The smallest absolute Gasteiger partial charge is 0.277 e. The summed E-state index contributed by atoms with van der Waals surface area (Å²) in [5.74, 6) is 0. The van der Waals surface area contributed by atoms with Gasteiger partial charge in [0, 0.05) is 34.5 Å². The zero-order chi connectivity index (χ0) is 26.3. The van der Waals surface area contributed by atoms with Gasteiger partial charge in [-0.25, -0.2) is 9.97 Å². The zero-order valence-corrected chi connectivity index (χ0v) is 21.2. The summed E-state index contributed by atoms with van der Waals surface area (Å²) in [4.78, 5) is 29.7. The number of rotatable bonds is 5. The van der Waals surface area contributed by atoms with E-state index in [4.69, 9.17) is 16.6 Å². The molecular formula is C28H18ClN5O3S. The Kier molecular flexibility index (Phi) is 5.86. The molecule has 0 fully saturated rings. The molecule has 0 aliphatic rings. The Labute approximate surface area is 222 Å². The van der Waals surface area contributed by atoms with Gasteiger partial charge in [-0.2, -0.15) is 8.42 Å². The van der Waals surface area contributed by atoms with Crippen LogP contribution in [0.5, 0.6) is 0 Å². The molecule has 10 heteroatoms. The van der Waals surface area contributed by atoms with Crippen molar-refractivity contribution in [3.63, 3.8) is 0 Å². The normalized spacial score (nSPS) is 11.6. The van der Waals surface area contributed by atoms with Crippen molar-refractivity contribution in [2.24, 2.45) is 0 Å². The molecule has 8 nitrogen and oxygen atoms in total. The lowest BCUT2D eigenvalue weighted by Crippen LogP contribution is -2.18. The van der Waals surface area contributed by atoms with Gasteiger partial charge in [0.2, 0.25) is 5.43 Å². The number of aromatic nitrogens is 4. The van der Waals surface area contributed by atoms with E-state index in [1.807, 2.05) is 48.5 Å². The van der Waals surface area contributed by atoms with Crippen molar-refractivity contribution in [2.75, 3.05) is 4.72 Å². The van der Waals surface area contributed by atoms with E-state index < -0.39 is 15.5 Å². The molecular weight excluding hydrogens is 522 g/mol. The van der Waals surface area contributed by atoms with Gasteiger partial charge in [0.05, 0.1) is 21.9 Å². The number of pyridine rings is 2. The third-order valence-electron chi connectivity index (χ3n) is 5.93. The number of fused-ring (bicyclic) bond motifs is 2. The van der Waals surface area contributed by atoms with Gasteiger partial charge >= 0.3 is 0 Å². The number of nitrogens with zero attached hydrogens (tertiary/aromatic N) is 3. The Morgan fingerprint density at radius 3 is 2.24 bits per heavy atom. The lowest BCUT2D eigenvalue weighted by Gasteiger charge is -2.13. The van der Waals surface area contributed by atoms with Crippen LogP contribution in [0, 0.1) is 0 Å². The van der Waals surface area contributed by atoms with Gasteiger partial charge in [0.25, 0.3) is 10.0 Å². The molecule has 3 aromatic heterocycles. The highest BCUT2D eigenvalue weighted by Gasteiger charge is 2.21. The van der Waals surface area contributed by atoms with Gasteiger partial charge in [-0.15, -0.1) is 0 Å². The van der Waals surface area contributed by atoms with Gasteiger partial charge in [0.1, 0.15) is 0 Å². The van der Waals surface area contributed by atoms with Gasteiger partial charge in [-0.1, -0.05) is 66.2 Å². The number of sulfonamides is 1. The summed E-state index contributed by atoms with van der Waals surface area (Å²) in [7, 11) is -4.09. The van der Waals surface area contributed by atoms with Crippen LogP contribution in [-0.2, 0) is 10.0 Å². The van der Waals surface area contributed by atoms with Crippen LogP contribution < -0.4 is 10.2 Å². The average molecular weight is 540 g/mol. The molecule has 186 valence electrons. The Bertz CT molecular complexity index is 2000. The molecule has 0 bridgehead atoms. The molecule has 0 spiro atoms. The maximum absolute atomic E-state index is 13.2. The monoisotopic (exact) mass is 539 g/mol. The molecule has 6 aromatic rings. The van der Waals surface area contributed by atoms with E-state index in [1.165, 1.54) is 0 Å². The minimum absolute atomic E-state index is 0.000693. The third kappa shape index (κ3) is 4.38. The van der Waals surface area contributed by atoms with Crippen molar-refractivity contribution < 1.29 is 8.42 Å². The van der Waals surface area contributed by atoms with Crippen molar-refractivity contribution in [3.8, 4) is 22.5 Å². The summed E-state index contributed by atoms with van der Waals surface area (Å²) in [6.45, 7) is 0. The van der Waals surface area contributed by atoms with E-state index in [1.54, 1.807) is 42.6 Å². The molecule has 6 rings (SSSR count). The number of halogens is 1. The molecule has 0 saturated heterocycles. The van der Waals surface area contributed by atoms with Crippen LogP contribution in [0.4, 0.5) is 5.69 Å². The van der Waals surface area contributed by atoms with Gasteiger partial charge < -0.3 is 4.98 Å². The van der Waals surface area contributed by atoms with Crippen molar-refractivity contribution in [1.29, 1.82) is 0 Å². The number of aromatic amines is 1. The van der Waals surface area contributed by atoms with E-state index in [9.17, 15) is 13.2 Å². The van der Waals surface area contributed by atoms with Crippen LogP contribution in [0.3, 0.4) is 0 Å². The highest BCUT2D eigenvalue weighted by atomic mass is 35.5. The number of hydrogen-bond donors (Lipinski definition) is 2. The maximum atomic E-state index is 13.2. The first-order valence-electron chi connectivity index (χ1n) is 11.5. The lowest BCUT2D eigenvalue weighted by atomic mass is 10.0. The minimum atomic E-state index is -4.09. The molecule has 0 radical (unpaired) electrons. The Morgan fingerprint density at radius 1 is 0.763 bits per heavy atom. The number of benzene rings is 3. The number of H-pyrrole nitrogens is 1. The highest BCUT2D eigenvalue weighted by Crippen LogP contribution is 2.34. The summed E-state index contributed by atoms with van der Waals surface area (Å²) in [6.07, 6.45) is 1.66. The van der Waals surface area contributed by atoms with Crippen molar-refractivity contribution in [3.05, 3.63) is 112 Å². The Hall–Kier alpha value is -4.60. The van der Waals surface area contributed by atoms with E-state index in [2.05, 4.69) is 19.7 Å². The standard InChI is InChI=1S/C28H18ClN5O3S/c29-21-15-19(14-18-10-7-13-30-24(18)21)26-25(17-8-3-1-4-9-17)33-28-27(32-26)22(35)16-23(31-28)38(36,37)34-20-11-5-2-6-12-20/h1-16,34H,(H,31,33,35). The van der Waals surface area contributed by atoms with Crippen LogP contribution >= 0.6 is 11.6 Å². The van der Waals surface area contributed by atoms with Crippen molar-refractivity contribution in [1.82, 2.24) is 19.9 Å². The van der Waals surface area contributed by atoms with Gasteiger partial charge in [-0.3, -0.25) is 14.5 Å². The van der Waals surface area contributed by atoms with Crippen LogP contribution in [0.25, 0.3) is 44.6 Å². The molecule has 38 heavy (non-hydrogen) atoms. The molecule has 2 N–H and O–H groups in total. The molecule has 3 heterocycles. The fraction of sp³-hybridized carbons (Fsp3) is 0. The summed E-state index contributed by atoms with van der Waals surface area (Å²) in [5, 5.41) is 0.916. The Balaban J connectivity index is 1.57. The first-order chi connectivity index (χ1) is 18.4. The van der Waals surface area contributed by atoms with Crippen LogP contribution in [-0.4, -0.2) is 28.4 Å². The lowest BCUT2D eigenvalue weighted by molar-refractivity contribution is 0.598. The number of para-hydroxylation sites is 1. The van der Waals surface area contributed by atoms with E-state index in [-0.39, 0.29) is 16.2 Å². The Morgan fingerprint density at radius 2 is 1.47 bits per heavy atom. The average Bonchev–Trinajstić information content (AvgIpc) is 2.93. The van der Waals surface area contributed by atoms with Crippen LogP contribution in [0.2, 0.25) is 5.02 Å².